The van der Waals surface area contributed by atoms with Crippen molar-refractivity contribution in [1.29, 1.82) is 5.26 Å². The number of nitriles is 1. The zero-order valence-corrected chi connectivity index (χ0v) is 13.2. The van der Waals surface area contributed by atoms with Crippen LogP contribution < -0.4 is 10.3 Å². The fraction of sp³-hybridized carbons (Fsp3) is 0.250. The molecule has 0 aliphatic rings. The number of pyridine rings is 1. The summed E-state index contributed by atoms with van der Waals surface area (Å²) in [6.45, 7) is 0.993. The molecule has 0 aliphatic carbocycles. The lowest BCUT2D eigenvalue weighted by Crippen LogP contribution is -2.23. The molecule has 2 aromatic rings. The van der Waals surface area contributed by atoms with Crippen LogP contribution in [0.25, 0.3) is 0 Å². The third kappa shape index (κ3) is 3.26. The summed E-state index contributed by atoms with van der Waals surface area (Å²) in [4.78, 5) is 12.4. The quantitative estimate of drug-likeness (QED) is 0.815. The van der Waals surface area contributed by atoms with Crippen LogP contribution in [0.15, 0.2) is 39.3 Å². The fourth-order valence-corrected chi connectivity index (χ4v) is 2.12. The molecule has 0 atom stereocenters. The van der Waals surface area contributed by atoms with Crippen molar-refractivity contribution in [3.8, 4) is 17.7 Å². The Bertz CT molecular complexity index is 864. The second-order valence-corrected chi connectivity index (χ2v) is 4.86. The Morgan fingerprint density at radius 2 is 1.96 bits per heavy atom. The first kappa shape index (κ1) is 17.2. The zero-order chi connectivity index (χ0) is 17.7. The molecule has 8 heteroatoms. The highest BCUT2D eigenvalue weighted by Gasteiger charge is 2.18. The summed E-state index contributed by atoms with van der Waals surface area (Å²) in [6.07, 6.45) is 0. The number of hydrogen-bond acceptors (Lipinski definition) is 7. The molecule has 0 aliphatic heterocycles. The van der Waals surface area contributed by atoms with Crippen molar-refractivity contribution in [3.63, 3.8) is 0 Å². The molecule has 1 aromatic carbocycles. The van der Waals surface area contributed by atoms with Gasteiger partial charge in [0.1, 0.15) is 17.4 Å². The van der Waals surface area contributed by atoms with E-state index in [9.17, 15) is 15.2 Å². The molecular formula is C16H16N4O4. The molecule has 0 amide bonds. The number of benzene rings is 1. The van der Waals surface area contributed by atoms with Crippen LogP contribution in [0.1, 0.15) is 11.1 Å². The molecule has 0 saturated carbocycles. The van der Waals surface area contributed by atoms with Crippen molar-refractivity contribution >= 4 is 11.4 Å². The van der Waals surface area contributed by atoms with E-state index in [2.05, 4.69) is 10.2 Å². The van der Waals surface area contributed by atoms with Gasteiger partial charge in [0.25, 0.3) is 5.56 Å². The number of aliphatic hydroxyl groups is 1. The minimum atomic E-state index is -0.629. The predicted octanol–water partition coefficient (Wildman–Crippen LogP) is 2.15. The van der Waals surface area contributed by atoms with Gasteiger partial charge in [-0.1, -0.05) is 0 Å². The van der Waals surface area contributed by atoms with Crippen LogP contribution in [0.4, 0.5) is 11.4 Å². The normalized spacial score (nSPS) is 10.8. The van der Waals surface area contributed by atoms with Crippen LogP contribution in [-0.2, 0) is 6.54 Å². The molecule has 0 spiro atoms. The molecule has 0 bridgehead atoms. The van der Waals surface area contributed by atoms with Gasteiger partial charge in [0.2, 0.25) is 5.88 Å². The molecular weight excluding hydrogens is 312 g/mol. The van der Waals surface area contributed by atoms with Crippen molar-refractivity contribution in [3.05, 3.63) is 45.7 Å². The molecule has 124 valence electrons. The van der Waals surface area contributed by atoms with E-state index in [1.165, 1.54) is 6.92 Å². The summed E-state index contributed by atoms with van der Waals surface area (Å²) in [5.41, 5.74) is -0.0444. The van der Waals surface area contributed by atoms with E-state index in [0.29, 0.717) is 11.4 Å². The topological polar surface area (TPSA) is 120 Å². The van der Waals surface area contributed by atoms with Gasteiger partial charge in [0.15, 0.2) is 5.69 Å². The van der Waals surface area contributed by atoms with Crippen molar-refractivity contribution in [2.75, 3.05) is 13.7 Å². The Labute approximate surface area is 137 Å². The lowest BCUT2D eigenvalue weighted by molar-refractivity contribution is 0.263. The van der Waals surface area contributed by atoms with Gasteiger partial charge in [-0.2, -0.15) is 10.4 Å². The zero-order valence-electron chi connectivity index (χ0n) is 13.2. The molecule has 0 unspecified atom stereocenters. The first-order chi connectivity index (χ1) is 11.5. The molecule has 1 heterocycles. The van der Waals surface area contributed by atoms with E-state index in [1.807, 2.05) is 6.07 Å². The number of ether oxygens (including phenoxy) is 1. The highest BCUT2D eigenvalue weighted by atomic mass is 16.5. The number of nitrogens with zero attached hydrogens (tertiary/aromatic N) is 4. The number of aromatic hydroxyl groups is 1. The van der Waals surface area contributed by atoms with E-state index in [-0.39, 0.29) is 30.0 Å². The van der Waals surface area contributed by atoms with Gasteiger partial charge in [-0.25, -0.2) is 0 Å². The second kappa shape index (κ2) is 7.39. The SMILES string of the molecule is COc1ccc(N=Nc2c(C)c(C#N)c(O)n(CCO)c2=O)cc1. The van der Waals surface area contributed by atoms with Crippen LogP contribution >= 0.6 is 0 Å². The summed E-state index contributed by atoms with van der Waals surface area (Å²) in [5.74, 6) is 0.171. The summed E-state index contributed by atoms with van der Waals surface area (Å²) in [5, 5.41) is 36.1. The van der Waals surface area contributed by atoms with Gasteiger partial charge >= 0.3 is 0 Å². The molecule has 2 rings (SSSR count). The van der Waals surface area contributed by atoms with E-state index in [1.54, 1.807) is 31.4 Å². The smallest absolute Gasteiger partial charge is 0.281 e. The van der Waals surface area contributed by atoms with Crippen LogP contribution in [0, 0.1) is 18.3 Å². The Morgan fingerprint density at radius 1 is 1.29 bits per heavy atom. The molecule has 8 nitrogen and oxygen atoms in total. The van der Waals surface area contributed by atoms with Crippen LogP contribution in [-0.4, -0.2) is 28.5 Å². The molecule has 0 saturated heterocycles. The standard InChI is InChI=1S/C16H16N4O4/c1-10-13(9-17)15(22)20(7-8-21)16(23)14(10)19-18-11-3-5-12(24-2)6-4-11/h3-6,21-22H,7-8H2,1-2H3. The Kier molecular flexibility index (Phi) is 5.29. The fourth-order valence-electron chi connectivity index (χ4n) is 2.12. The Morgan fingerprint density at radius 3 is 2.50 bits per heavy atom. The van der Waals surface area contributed by atoms with Crippen LogP contribution in [0.2, 0.25) is 0 Å². The van der Waals surface area contributed by atoms with Crippen molar-refractivity contribution in [1.82, 2.24) is 4.57 Å². The maximum Gasteiger partial charge on any atom is 0.281 e. The highest BCUT2D eigenvalue weighted by molar-refractivity contribution is 5.56. The minimum absolute atomic E-state index is 0.0615. The first-order valence-electron chi connectivity index (χ1n) is 7.06. The van der Waals surface area contributed by atoms with E-state index < -0.39 is 11.4 Å². The van der Waals surface area contributed by atoms with Gasteiger partial charge in [-0.3, -0.25) is 9.36 Å². The number of aromatic nitrogens is 1. The average molecular weight is 328 g/mol. The minimum Gasteiger partial charge on any atom is -0.497 e. The lowest BCUT2D eigenvalue weighted by Gasteiger charge is -2.11. The molecule has 1 aromatic heterocycles. The average Bonchev–Trinajstić information content (AvgIpc) is 2.59. The van der Waals surface area contributed by atoms with Gasteiger partial charge < -0.3 is 14.9 Å². The number of aliphatic hydroxyl groups excluding tert-OH is 1. The maximum absolute atomic E-state index is 12.4. The second-order valence-electron chi connectivity index (χ2n) is 4.86. The molecule has 0 radical (unpaired) electrons. The third-order valence-corrected chi connectivity index (χ3v) is 3.43. The number of methoxy groups -OCH3 is 1. The predicted molar refractivity (Wildman–Crippen MR) is 86.1 cm³/mol. The van der Waals surface area contributed by atoms with E-state index in [0.717, 1.165) is 4.57 Å². The first-order valence-corrected chi connectivity index (χ1v) is 7.06. The molecule has 2 N–H and O–H groups in total. The summed E-state index contributed by atoms with van der Waals surface area (Å²) < 4.78 is 5.94. The third-order valence-electron chi connectivity index (χ3n) is 3.43. The molecule has 24 heavy (non-hydrogen) atoms. The highest BCUT2D eigenvalue weighted by Crippen LogP contribution is 2.27. The van der Waals surface area contributed by atoms with Gasteiger partial charge in [0, 0.05) is 5.56 Å². The summed E-state index contributed by atoms with van der Waals surface area (Å²) in [7, 11) is 1.55. The number of hydrogen-bond donors (Lipinski definition) is 2. The number of azo groups is 1. The van der Waals surface area contributed by atoms with Crippen LogP contribution in [0.5, 0.6) is 11.6 Å². The van der Waals surface area contributed by atoms with E-state index >= 15 is 0 Å². The van der Waals surface area contributed by atoms with Crippen molar-refractivity contribution in [2.45, 2.75) is 13.5 Å². The number of rotatable bonds is 5. The molecule has 0 fully saturated rings. The monoisotopic (exact) mass is 328 g/mol. The van der Waals surface area contributed by atoms with E-state index in [4.69, 9.17) is 9.84 Å². The van der Waals surface area contributed by atoms with Gasteiger partial charge in [-0.05, 0) is 31.2 Å². The largest absolute Gasteiger partial charge is 0.497 e. The van der Waals surface area contributed by atoms with Gasteiger partial charge in [0.05, 0.1) is 25.9 Å². The summed E-state index contributed by atoms with van der Waals surface area (Å²) in [6, 6.07) is 8.55. The lowest BCUT2D eigenvalue weighted by atomic mass is 10.1. The van der Waals surface area contributed by atoms with Crippen LogP contribution in [0.3, 0.4) is 0 Å². The Hall–Kier alpha value is -3.18. The van der Waals surface area contributed by atoms with Crippen molar-refractivity contribution < 1.29 is 14.9 Å². The van der Waals surface area contributed by atoms with Gasteiger partial charge in [-0.15, -0.1) is 5.11 Å². The summed E-state index contributed by atoms with van der Waals surface area (Å²) >= 11 is 0. The van der Waals surface area contributed by atoms with Crippen molar-refractivity contribution in [2.24, 2.45) is 10.2 Å². The Balaban J connectivity index is 2.52. The maximum atomic E-state index is 12.4.